The van der Waals surface area contributed by atoms with E-state index in [0.29, 0.717) is 25.2 Å². The molecule has 0 radical (unpaired) electrons. The Balaban J connectivity index is 1.64. The van der Waals surface area contributed by atoms with Crippen molar-refractivity contribution in [1.82, 2.24) is 4.98 Å². The number of esters is 1. The molecule has 1 aromatic heterocycles. The molecular weight excluding hydrogens is 330 g/mol. The van der Waals surface area contributed by atoms with Crippen LogP contribution in [-0.4, -0.2) is 36.6 Å². The second-order valence-corrected chi connectivity index (χ2v) is 6.38. The van der Waals surface area contributed by atoms with Gasteiger partial charge in [-0.25, -0.2) is 0 Å². The summed E-state index contributed by atoms with van der Waals surface area (Å²) in [4.78, 5) is 28.3. The van der Waals surface area contributed by atoms with Crippen molar-refractivity contribution in [3.8, 4) is 11.3 Å². The van der Waals surface area contributed by atoms with Crippen LogP contribution in [0.2, 0.25) is 0 Å². The number of ether oxygens (including phenoxy) is 2. The molecule has 0 aliphatic carbocycles. The lowest BCUT2D eigenvalue weighted by atomic mass is 10.0. The zero-order chi connectivity index (χ0) is 17.9. The van der Waals surface area contributed by atoms with Crippen LogP contribution in [0.4, 0.5) is 0 Å². The van der Waals surface area contributed by atoms with E-state index >= 15 is 0 Å². The van der Waals surface area contributed by atoms with Crippen LogP contribution < -0.4 is 0 Å². The first kappa shape index (κ1) is 16.5. The number of fused-ring (bicyclic) bond motifs is 1. The van der Waals surface area contributed by atoms with Crippen LogP contribution in [0.1, 0.15) is 16.8 Å². The van der Waals surface area contributed by atoms with Crippen LogP contribution in [-0.2, 0) is 14.3 Å². The quantitative estimate of drug-likeness (QED) is 0.564. The maximum Gasteiger partial charge on any atom is 0.311 e. The number of aromatic nitrogens is 1. The number of Topliss-reactive ketones (excluding diaryl/α,β-unsaturated/α-hetero) is 1. The summed E-state index contributed by atoms with van der Waals surface area (Å²) in [6.07, 6.45) is 0.648. The van der Waals surface area contributed by atoms with E-state index < -0.39 is 0 Å². The normalized spacial score (nSPS) is 16.7. The van der Waals surface area contributed by atoms with E-state index in [9.17, 15) is 9.59 Å². The highest BCUT2D eigenvalue weighted by molar-refractivity contribution is 6.14. The fourth-order valence-corrected chi connectivity index (χ4v) is 3.30. The summed E-state index contributed by atoms with van der Waals surface area (Å²) in [6.45, 7) is 0.667. The van der Waals surface area contributed by atoms with E-state index in [0.717, 1.165) is 22.2 Å². The molecule has 0 saturated carbocycles. The Hall–Kier alpha value is -2.92. The van der Waals surface area contributed by atoms with Gasteiger partial charge < -0.3 is 14.5 Å². The number of nitrogens with one attached hydrogen (secondary N) is 1. The highest BCUT2D eigenvalue weighted by Gasteiger charge is 2.27. The molecule has 3 aromatic rings. The van der Waals surface area contributed by atoms with Gasteiger partial charge in [-0.3, -0.25) is 9.59 Å². The minimum absolute atomic E-state index is 0.214. The molecular formula is C21H19NO4. The zero-order valence-electron chi connectivity index (χ0n) is 14.2. The average molecular weight is 349 g/mol. The maximum absolute atomic E-state index is 12.9. The monoisotopic (exact) mass is 349 g/mol. The fourth-order valence-electron chi connectivity index (χ4n) is 3.30. The van der Waals surface area contributed by atoms with E-state index in [4.69, 9.17) is 9.47 Å². The minimum atomic E-state index is -0.364. The number of ketones is 1. The average Bonchev–Trinajstić information content (AvgIpc) is 3.34. The first-order valence-electron chi connectivity index (χ1n) is 8.68. The third-order valence-electron chi connectivity index (χ3n) is 4.66. The van der Waals surface area contributed by atoms with E-state index in [1.54, 1.807) is 0 Å². The third kappa shape index (κ3) is 3.13. The first-order valence-corrected chi connectivity index (χ1v) is 8.68. The molecule has 0 bridgehead atoms. The molecule has 1 fully saturated rings. The highest BCUT2D eigenvalue weighted by Crippen LogP contribution is 2.30. The summed E-state index contributed by atoms with van der Waals surface area (Å²) in [6, 6.07) is 17.3. The lowest BCUT2D eigenvalue weighted by Gasteiger charge is -2.09. The Kier molecular flexibility index (Phi) is 4.54. The van der Waals surface area contributed by atoms with Gasteiger partial charge in [0.2, 0.25) is 5.78 Å². The summed E-state index contributed by atoms with van der Waals surface area (Å²) in [7, 11) is 0. The van der Waals surface area contributed by atoms with Crippen molar-refractivity contribution in [3.63, 3.8) is 0 Å². The SMILES string of the molecule is O=C(COC(=O)[C@@H]1CCOC1)c1c(-c2ccccc2)[nH]c2ccccc12. The highest BCUT2D eigenvalue weighted by atomic mass is 16.5. The number of hydrogen-bond donors (Lipinski definition) is 1. The summed E-state index contributed by atoms with van der Waals surface area (Å²) >= 11 is 0. The molecule has 0 spiro atoms. The Labute approximate surface area is 150 Å². The molecule has 2 aromatic carbocycles. The molecule has 2 heterocycles. The summed E-state index contributed by atoms with van der Waals surface area (Å²) < 4.78 is 10.5. The van der Waals surface area contributed by atoms with E-state index in [2.05, 4.69) is 4.98 Å². The molecule has 0 amide bonds. The van der Waals surface area contributed by atoms with Gasteiger partial charge in [-0.2, -0.15) is 0 Å². The van der Waals surface area contributed by atoms with Gasteiger partial charge in [-0.1, -0.05) is 48.5 Å². The van der Waals surface area contributed by atoms with Gasteiger partial charge in [-0.15, -0.1) is 0 Å². The predicted molar refractivity (Wildman–Crippen MR) is 98.0 cm³/mol. The smallest absolute Gasteiger partial charge is 0.311 e. The van der Waals surface area contributed by atoms with Gasteiger partial charge in [0, 0.05) is 17.5 Å². The number of rotatable bonds is 5. The minimum Gasteiger partial charge on any atom is -0.457 e. The van der Waals surface area contributed by atoms with Crippen LogP contribution in [0.15, 0.2) is 54.6 Å². The Bertz CT molecular complexity index is 939. The van der Waals surface area contributed by atoms with Crippen LogP contribution >= 0.6 is 0 Å². The molecule has 132 valence electrons. The van der Waals surface area contributed by atoms with Crippen molar-refractivity contribution in [2.24, 2.45) is 5.92 Å². The molecule has 1 aliphatic heterocycles. The number of benzene rings is 2. The van der Waals surface area contributed by atoms with Crippen molar-refractivity contribution >= 4 is 22.7 Å². The third-order valence-corrected chi connectivity index (χ3v) is 4.66. The van der Waals surface area contributed by atoms with Gasteiger partial charge in [0.25, 0.3) is 0 Å². The van der Waals surface area contributed by atoms with Crippen molar-refractivity contribution < 1.29 is 19.1 Å². The van der Waals surface area contributed by atoms with E-state index in [-0.39, 0.29) is 24.3 Å². The topological polar surface area (TPSA) is 68.4 Å². The Morgan fingerprint density at radius 1 is 1.08 bits per heavy atom. The van der Waals surface area contributed by atoms with Crippen LogP contribution in [0.3, 0.4) is 0 Å². The first-order chi connectivity index (χ1) is 12.7. The van der Waals surface area contributed by atoms with Gasteiger partial charge in [0.15, 0.2) is 6.61 Å². The Morgan fingerprint density at radius 3 is 2.62 bits per heavy atom. The standard InChI is InChI=1S/C21H19NO4/c23-18(13-26-21(24)15-10-11-25-12-15)19-16-8-4-5-9-17(16)22-20(19)14-6-2-1-3-7-14/h1-9,15,22H,10-13H2/t15-/m1/s1. The molecule has 26 heavy (non-hydrogen) atoms. The molecule has 4 rings (SSSR count). The number of para-hydroxylation sites is 1. The van der Waals surface area contributed by atoms with Gasteiger partial charge >= 0.3 is 5.97 Å². The summed E-state index contributed by atoms with van der Waals surface area (Å²) in [5.74, 6) is -0.843. The molecule has 1 N–H and O–H groups in total. The van der Waals surface area contributed by atoms with Gasteiger partial charge in [-0.05, 0) is 18.1 Å². The van der Waals surface area contributed by atoms with Crippen molar-refractivity contribution in [2.45, 2.75) is 6.42 Å². The number of H-pyrrole nitrogens is 1. The largest absolute Gasteiger partial charge is 0.457 e. The second kappa shape index (κ2) is 7.14. The number of hydrogen-bond acceptors (Lipinski definition) is 4. The van der Waals surface area contributed by atoms with Gasteiger partial charge in [0.1, 0.15) is 0 Å². The maximum atomic E-state index is 12.9. The zero-order valence-corrected chi connectivity index (χ0v) is 14.2. The molecule has 1 atom stereocenters. The lowest BCUT2D eigenvalue weighted by Crippen LogP contribution is -2.21. The van der Waals surface area contributed by atoms with Crippen LogP contribution in [0, 0.1) is 5.92 Å². The van der Waals surface area contributed by atoms with Crippen molar-refractivity contribution in [2.75, 3.05) is 19.8 Å². The number of carbonyl (C=O) groups excluding carboxylic acids is 2. The van der Waals surface area contributed by atoms with Crippen molar-refractivity contribution in [1.29, 1.82) is 0 Å². The number of aromatic amines is 1. The Morgan fingerprint density at radius 2 is 1.85 bits per heavy atom. The van der Waals surface area contributed by atoms with E-state index in [1.165, 1.54) is 0 Å². The molecule has 0 unspecified atom stereocenters. The second-order valence-electron chi connectivity index (χ2n) is 6.38. The predicted octanol–water partition coefficient (Wildman–Crippen LogP) is 3.60. The summed E-state index contributed by atoms with van der Waals surface area (Å²) in [5.41, 5.74) is 3.10. The molecule has 1 saturated heterocycles. The lowest BCUT2D eigenvalue weighted by molar-refractivity contribution is -0.147. The summed E-state index contributed by atoms with van der Waals surface area (Å²) in [5, 5.41) is 0.830. The molecule has 1 aliphatic rings. The molecule has 5 nitrogen and oxygen atoms in total. The molecule has 5 heteroatoms. The van der Waals surface area contributed by atoms with Gasteiger partial charge in [0.05, 0.1) is 23.8 Å². The number of carbonyl (C=O) groups is 2. The fraction of sp³-hybridized carbons (Fsp3) is 0.238. The van der Waals surface area contributed by atoms with E-state index in [1.807, 2.05) is 54.6 Å². The van der Waals surface area contributed by atoms with Crippen molar-refractivity contribution in [3.05, 3.63) is 60.2 Å². The van der Waals surface area contributed by atoms with Crippen LogP contribution in [0.5, 0.6) is 0 Å². The van der Waals surface area contributed by atoms with Crippen LogP contribution in [0.25, 0.3) is 22.2 Å².